The molecule has 0 aromatic carbocycles. The van der Waals surface area contributed by atoms with Crippen LogP contribution in [0, 0.1) is 5.92 Å². The summed E-state index contributed by atoms with van der Waals surface area (Å²) in [5.41, 5.74) is 0. The molecule has 0 radical (unpaired) electrons. The molecule has 6 nitrogen and oxygen atoms in total. The van der Waals surface area contributed by atoms with Gasteiger partial charge in [0.2, 0.25) is 0 Å². The molecule has 0 aliphatic carbocycles. The van der Waals surface area contributed by atoms with Gasteiger partial charge in [0.05, 0.1) is 0 Å². The highest BCUT2D eigenvalue weighted by molar-refractivity contribution is 14.0. The summed E-state index contributed by atoms with van der Waals surface area (Å²) in [6, 6.07) is 0. The normalized spacial score (nSPS) is 11.5. The first kappa shape index (κ1) is 23.1. The van der Waals surface area contributed by atoms with Gasteiger partial charge in [-0.05, 0) is 26.2 Å². The molecule has 0 bridgehead atoms. The van der Waals surface area contributed by atoms with Crippen molar-refractivity contribution in [1.29, 1.82) is 0 Å². The Kier molecular flexibility index (Phi) is 14.0. The third kappa shape index (κ3) is 10.1. The standard InChI is InChI=1S/C17H34N6.HI/c1-5-18-17(19-12-10-8-7-9-11-15(3)4)20-13-16-22-21-14-23(16)6-2;/h14-15H,5-13H2,1-4H3,(H2,18,19,20);1H. The lowest BCUT2D eigenvalue weighted by Crippen LogP contribution is -2.37. The second-order valence-corrected chi connectivity index (χ2v) is 6.25. The topological polar surface area (TPSA) is 67.1 Å². The summed E-state index contributed by atoms with van der Waals surface area (Å²) < 4.78 is 2.02. The average Bonchev–Trinajstić information content (AvgIpc) is 2.98. The van der Waals surface area contributed by atoms with Crippen LogP contribution < -0.4 is 10.6 Å². The number of guanidine groups is 1. The lowest BCUT2D eigenvalue weighted by molar-refractivity contribution is 0.518. The molecule has 0 fully saturated rings. The zero-order valence-electron chi connectivity index (χ0n) is 15.7. The van der Waals surface area contributed by atoms with E-state index in [1.807, 2.05) is 4.57 Å². The van der Waals surface area contributed by atoms with E-state index < -0.39 is 0 Å². The molecule has 0 aliphatic heterocycles. The third-order valence-corrected chi connectivity index (χ3v) is 3.76. The first-order valence-corrected chi connectivity index (χ1v) is 9.06. The van der Waals surface area contributed by atoms with E-state index in [1.54, 1.807) is 6.33 Å². The Morgan fingerprint density at radius 1 is 1.17 bits per heavy atom. The molecule has 1 heterocycles. The second kappa shape index (κ2) is 14.5. The molecule has 0 saturated carbocycles. The van der Waals surface area contributed by atoms with Gasteiger partial charge in [-0.2, -0.15) is 0 Å². The van der Waals surface area contributed by atoms with Gasteiger partial charge in [-0.1, -0.05) is 39.5 Å². The second-order valence-electron chi connectivity index (χ2n) is 6.25. The highest BCUT2D eigenvalue weighted by Crippen LogP contribution is 2.08. The molecule has 7 heteroatoms. The smallest absolute Gasteiger partial charge is 0.191 e. The van der Waals surface area contributed by atoms with Crippen molar-refractivity contribution in [2.24, 2.45) is 10.9 Å². The highest BCUT2D eigenvalue weighted by Gasteiger charge is 2.03. The quantitative estimate of drug-likeness (QED) is 0.234. The molecule has 1 rings (SSSR count). The van der Waals surface area contributed by atoms with E-state index in [1.165, 1.54) is 32.1 Å². The van der Waals surface area contributed by atoms with Gasteiger partial charge >= 0.3 is 0 Å². The van der Waals surface area contributed by atoms with Crippen molar-refractivity contribution in [2.75, 3.05) is 13.1 Å². The van der Waals surface area contributed by atoms with Crippen molar-refractivity contribution in [2.45, 2.75) is 72.9 Å². The van der Waals surface area contributed by atoms with Gasteiger partial charge in [0.1, 0.15) is 12.9 Å². The summed E-state index contributed by atoms with van der Waals surface area (Å²) in [6.45, 7) is 12.0. The van der Waals surface area contributed by atoms with Crippen LogP contribution in [0.5, 0.6) is 0 Å². The Hall–Kier alpha value is -0.860. The SMILES string of the molecule is CCNC(=NCc1nncn1CC)NCCCCCCC(C)C.I. The first-order chi connectivity index (χ1) is 11.2. The van der Waals surface area contributed by atoms with Gasteiger partial charge in [-0.15, -0.1) is 34.2 Å². The van der Waals surface area contributed by atoms with Crippen LogP contribution in [0.2, 0.25) is 0 Å². The maximum atomic E-state index is 4.59. The van der Waals surface area contributed by atoms with Gasteiger partial charge in [0.15, 0.2) is 11.8 Å². The van der Waals surface area contributed by atoms with E-state index in [2.05, 4.69) is 53.5 Å². The molecule has 1 aromatic rings. The molecule has 0 spiro atoms. The van der Waals surface area contributed by atoms with Gasteiger partial charge in [0.25, 0.3) is 0 Å². The van der Waals surface area contributed by atoms with Crippen molar-refractivity contribution in [3.8, 4) is 0 Å². The molecule has 24 heavy (non-hydrogen) atoms. The van der Waals surface area contributed by atoms with Crippen molar-refractivity contribution in [3.63, 3.8) is 0 Å². The molecule has 0 amide bonds. The number of hydrogen-bond acceptors (Lipinski definition) is 3. The van der Waals surface area contributed by atoms with Crippen LogP contribution >= 0.6 is 24.0 Å². The number of nitrogens with one attached hydrogen (secondary N) is 2. The first-order valence-electron chi connectivity index (χ1n) is 9.06. The number of rotatable bonds is 11. The fourth-order valence-electron chi connectivity index (χ4n) is 2.39. The van der Waals surface area contributed by atoms with Crippen LogP contribution in [0.15, 0.2) is 11.3 Å². The summed E-state index contributed by atoms with van der Waals surface area (Å²) >= 11 is 0. The minimum Gasteiger partial charge on any atom is -0.357 e. The number of aryl methyl sites for hydroxylation is 1. The summed E-state index contributed by atoms with van der Waals surface area (Å²) in [6.07, 6.45) is 8.24. The molecular weight excluding hydrogens is 415 g/mol. The highest BCUT2D eigenvalue weighted by atomic mass is 127. The van der Waals surface area contributed by atoms with Gasteiger partial charge in [-0.25, -0.2) is 4.99 Å². The fourth-order valence-corrected chi connectivity index (χ4v) is 2.39. The Morgan fingerprint density at radius 3 is 2.58 bits per heavy atom. The number of nitrogens with zero attached hydrogens (tertiary/aromatic N) is 4. The van der Waals surface area contributed by atoms with Crippen LogP contribution in [-0.2, 0) is 13.1 Å². The summed E-state index contributed by atoms with van der Waals surface area (Å²) in [5, 5.41) is 14.7. The fraction of sp³-hybridized carbons (Fsp3) is 0.824. The van der Waals surface area contributed by atoms with Crippen LogP contribution in [0.3, 0.4) is 0 Å². The zero-order valence-corrected chi connectivity index (χ0v) is 18.0. The van der Waals surface area contributed by atoms with Crippen molar-refractivity contribution in [1.82, 2.24) is 25.4 Å². The van der Waals surface area contributed by atoms with E-state index in [-0.39, 0.29) is 24.0 Å². The van der Waals surface area contributed by atoms with E-state index in [0.29, 0.717) is 6.54 Å². The van der Waals surface area contributed by atoms with Gasteiger partial charge in [-0.3, -0.25) is 0 Å². The van der Waals surface area contributed by atoms with E-state index in [9.17, 15) is 0 Å². The molecule has 0 aliphatic rings. The van der Waals surface area contributed by atoms with Crippen LogP contribution in [0.1, 0.15) is 65.6 Å². The number of aromatic nitrogens is 3. The number of hydrogen-bond donors (Lipinski definition) is 2. The van der Waals surface area contributed by atoms with E-state index in [0.717, 1.165) is 37.3 Å². The predicted molar refractivity (Wildman–Crippen MR) is 112 cm³/mol. The van der Waals surface area contributed by atoms with Crippen LogP contribution in [-0.4, -0.2) is 33.8 Å². The molecule has 140 valence electrons. The molecule has 0 atom stereocenters. The molecular formula is C17H35IN6. The average molecular weight is 450 g/mol. The minimum atomic E-state index is 0. The van der Waals surface area contributed by atoms with Crippen LogP contribution in [0.25, 0.3) is 0 Å². The Morgan fingerprint density at radius 2 is 1.92 bits per heavy atom. The predicted octanol–water partition coefficient (Wildman–Crippen LogP) is 3.58. The summed E-state index contributed by atoms with van der Waals surface area (Å²) in [7, 11) is 0. The zero-order chi connectivity index (χ0) is 16.9. The number of halogens is 1. The van der Waals surface area contributed by atoms with Crippen molar-refractivity contribution < 1.29 is 0 Å². The Balaban J connectivity index is 0.00000529. The summed E-state index contributed by atoms with van der Waals surface area (Å²) in [4.78, 5) is 4.59. The Labute approximate surface area is 164 Å². The monoisotopic (exact) mass is 450 g/mol. The minimum absolute atomic E-state index is 0. The summed E-state index contributed by atoms with van der Waals surface area (Å²) in [5.74, 6) is 2.59. The number of unbranched alkanes of at least 4 members (excludes halogenated alkanes) is 3. The molecule has 0 unspecified atom stereocenters. The maximum Gasteiger partial charge on any atom is 0.191 e. The maximum absolute atomic E-state index is 4.59. The lowest BCUT2D eigenvalue weighted by Gasteiger charge is -2.11. The van der Waals surface area contributed by atoms with E-state index >= 15 is 0 Å². The van der Waals surface area contributed by atoms with E-state index in [4.69, 9.17) is 0 Å². The Bertz CT molecular complexity index is 444. The number of aliphatic imine (C=N–C) groups is 1. The largest absolute Gasteiger partial charge is 0.357 e. The van der Waals surface area contributed by atoms with Crippen LogP contribution in [0.4, 0.5) is 0 Å². The van der Waals surface area contributed by atoms with Crippen molar-refractivity contribution >= 4 is 29.9 Å². The molecule has 1 aromatic heterocycles. The van der Waals surface area contributed by atoms with Gasteiger partial charge in [0, 0.05) is 19.6 Å². The third-order valence-electron chi connectivity index (χ3n) is 3.76. The molecule has 0 saturated heterocycles. The van der Waals surface area contributed by atoms with Crippen molar-refractivity contribution in [3.05, 3.63) is 12.2 Å². The molecule has 2 N–H and O–H groups in total. The lowest BCUT2D eigenvalue weighted by atomic mass is 10.0. The van der Waals surface area contributed by atoms with Gasteiger partial charge < -0.3 is 15.2 Å².